The molecule has 1 heterocycles. The summed E-state index contributed by atoms with van der Waals surface area (Å²) in [6.45, 7) is 4.46. The molecule has 0 spiro atoms. The highest BCUT2D eigenvalue weighted by Gasteiger charge is 2.12. The third-order valence-electron chi connectivity index (χ3n) is 2.95. The van der Waals surface area contributed by atoms with Crippen LogP contribution in [0.25, 0.3) is 0 Å². The molecule has 0 amide bonds. The van der Waals surface area contributed by atoms with Crippen molar-refractivity contribution in [1.82, 2.24) is 5.32 Å². The highest BCUT2D eigenvalue weighted by atomic mass is 14.8. The zero-order valence-corrected chi connectivity index (χ0v) is 8.66. The van der Waals surface area contributed by atoms with Gasteiger partial charge in [0.05, 0.1) is 0 Å². The number of hydrogen-bond donors (Lipinski definition) is 1. The minimum Gasteiger partial charge on any atom is -0.313 e. The van der Waals surface area contributed by atoms with Gasteiger partial charge in [0.15, 0.2) is 0 Å². The van der Waals surface area contributed by atoms with E-state index in [1.807, 2.05) is 0 Å². The fourth-order valence-corrected chi connectivity index (χ4v) is 1.99. The first-order valence-corrected chi connectivity index (χ1v) is 5.32. The van der Waals surface area contributed by atoms with Crippen molar-refractivity contribution >= 4 is 0 Å². The summed E-state index contributed by atoms with van der Waals surface area (Å²) in [6.07, 6.45) is 3.53. The van der Waals surface area contributed by atoms with Crippen LogP contribution in [0.1, 0.15) is 24.8 Å². The van der Waals surface area contributed by atoms with Gasteiger partial charge in [0.25, 0.3) is 0 Å². The quantitative estimate of drug-likeness (QED) is 0.702. The van der Waals surface area contributed by atoms with E-state index in [2.05, 4.69) is 48.6 Å². The first-order chi connectivity index (χ1) is 6.88. The Morgan fingerprint density at radius 3 is 2.64 bits per heavy atom. The highest BCUT2D eigenvalue weighted by molar-refractivity contribution is 5.28. The van der Waals surface area contributed by atoms with E-state index in [4.69, 9.17) is 0 Å². The predicted molar refractivity (Wildman–Crippen MR) is 60.4 cm³/mol. The summed E-state index contributed by atoms with van der Waals surface area (Å²) in [4.78, 5) is 0. The van der Waals surface area contributed by atoms with E-state index in [1.54, 1.807) is 5.57 Å². The normalized spacial score (nSPS) is 18.8. The molecule has 0 aliphatic carbocycles. The smallest absolute Gasteiger partial charge is 0.0137 e. The van der Waals surface area contributed by atoms with Crippen LogP contribution < -0.4 is 5.32 Å². The molecule has 1 atom stereocenters. The summed E-state index contributed by atoms with van der Waals surface area (Å²) >= 11 is 0. The van der Waals surface area contributed by atoms with E-state index in [-0.39, 0.29) is 0 Å². The molecular formula is C13H17N. The Balaban J connectivity index is 2.15. The lowest BCUT2D eigenvalue weighted by Crippen LogP contribution is -2.22. The van der Waals surface area contributed by atoms with Gasteiger partial charge in [-0.3, -0.25) is 0 Å². The second-order valence-electron chi connectivity index (χ2n) is 3.87. The van der Waals surface area contributed by atoms with Crippen LogP contribution in [0.2, 0.25) is 0 Å². The van der Waals surface area contributed by atoms with Crippen molar-refractivity contribution in [3.63, 3.8) is 0 Å². The zero-order valence-electron chi connectivity index (χ0n) is 8.66. The lowest BCUT2D eigenvalue weighted by atomic mass is 9.89. The van der Waals surface area contributed by atoms with Gasteiger partial charge in [-0.25, -0.2) is 0 Å². The third-order valence-corrected chi connectivity index (χ3v) is 2.95. The average Bonchev–Trinajstić information content (AvgIpc) is 2.30. The van der Waals surface area contributed by atoms with Crippen LogP contribution in [0.3, 0.4) is 0 Å². The summed E-state index contributed by atoms with van der Waals surface area (Å²) in [7, 11) is 0. The van der Waals surface area contributed by atoms with Crippen LogP contribution in [0, 0.1) is 0 Å². The molecule has 0 saturated carbocycles. The molecule has 1 aliphatic rings. The lowest BCUT2D eigenvalue weighted by molar-refractivity contribution is 0.663. The van der Waals surface area contributed by atoms with Gasteiger partial charge in [-0.15, -0.1) is 0 Å². The predicted octanol–water partition coefficient (Wildman–Crippen LogP) is 2.71. The molecule has 14 heavy (non-hydrogen) atoms. The molecule has 74 valence electrons. The fourth-order valence-electron chi connectivity index (χ4n) is 1.99. The maximum atomic E-state index is 3.34. The number of rotatable bonds is 2. The second-order valence-corrected chi connectivity index (χ2v) is 3.87. The summed E-state index contributed by atoms with van der Waals surface area (Å²) in [6, 6.07) is 10.7. The molecule has 0 radical (unpaired) electrons. The van der Waals surface area contributed by atoms with E-state index < -0.39 is 0 Å². The van der Waals surface area contributed by atoms with Crippen molar-refractivity contribution in [2.75, 3.05) is 13.1 Å². The van der Waals surface area contributed by atoms with Gasteiger partial charge in [0.1, 0.15) is 0 Å². The largest absolute Gasteiger partial charge is 0.313 e. The van der Waals surface area contributed by atoms with Gasteiger partial charge in [0.2, 0.25) is 0 Å². The van der Waals surface area contributed by atoms with Crippen molar-refractivity contribution < 1.29 is 0 Å². The standard InChI is InChI=1S/C13H17N/c1-11(12-5-3-2-4-6-12)13-7-9-14-10-8-13/h2-7,11,14H,8-10H2,1H3/t11-/m1/s1. The maximum absolute atomic E-state index is 3.34. The Morgan fingerprint density at radius 2 is 2.00 bits per heavy atom. The van der Waals surface area contributed by atoms with E-state index >= 15 is 0 Å². The van der Waals surface area contributed by atoms with Crippen molar-refractivity contribution in [2.24, 2.45) is 0 Å². The molecule has 0 saturated heterocycles. The van der Waals surface area contributed by atoms with Crippen molar-refractivity contribution in [2.45, 2.75) is 19.3 Å². The van der Waals surface area contributed by atoms with Gasteiger partial charge in [-0.1, -0.05) is 48.9 Å². The Kier molecular flexibility index (Phi) is 3.00. The van der Waals surface area contributed by atoms with Crippen LogP contribution in [0.4, 0.5) is 0 Å². The number of benzene rings is 1. The molecular weight excluding hydrogens is 170 g/mol. The average molecular weight is 187 g/mol. The molecule has 2 rings (SSSR count). The Labute approximate surface area is 85.8 Å². The SMILES string of the molecule is C[C@@H](C1=CCNCC1)c1ccccc1. The van der Waals surface area contributed by atoms with Gasteiger partial charge < -0.3 is 5.32 Å². The lowest BCUT2D eigenvalue weighted by Gasteiger charge is -2.20. The first-order valence-electron chi connectivity index (χ1n) is 5.32. The molecule has 0 aromatic heterocycles. The summed E-state index contributed by atoms with van der Waals surface area (Å²) < 4.78 is 0. The van der Waals surface area contributed by atoms with Gasteiger partial charge in [0, 0.05) is 12.5 Å². The monoisotopic (exact) mass is 187 g/mol. The first kappa shape index (κ1) is 9.47. The molecule has 0 bridgehead atoms. The van der Waals surface area contributed by atoms with Crippen LogP contribution in [-0.4, -0.2) is 13.1 Å². The molecule has 1 heteroatoms. The summed E-state index contributed by atoms with van der Waals surface area (Å²) in [5.41, 5.74) is 3.01. The highest BCUT2D eigenvalue weighted by Crippen LogP contribution is 2.26. The van der Waals surface area contributed by atoms with Crippen molar-refractivity contribution in [3.8, 4) is 0 Å². The molecule has 1 nitrogen and oxygen atoms in total. The maximum Gasteiger partial charge on any atom is 0.0137 e. The molecule has 1 aliphatic heterocycles. The summed E-state index contributed by atoms with van der Waals surface area (Å²) in [5.74, 6) is 0.582. The Bertz CT molecular complexity index is 313. The molecule has 1 N–H and O–H groups in total. The molecule has 1 aromatic rings. The van der Waals surface area contributed by atoms with Crippen LogP contribution in [0.5, 0.6) is 0 Å². The van der Waals surface area contributed by atoms with Crippen LogP contribution >= 0.6 is 0 Å². The third kappa shape index (κ3) is 2.05. The fraction of sp³-hybridized carbons (Fsp3) is 0.385. The Hall–Kier alpha value is -1.08. The van der Waals surface area contributed by atoms with Crippen molar-refractivity contribution in [3.05, 3.63) is 47.5 Å². The molecule has 0 fully saturated rings. The van der Waals surface area contributed by atoms with E-state index in [9.17, 15) is 0 Å². The minimum atomic E-state index is 0.582. The van der Waals surface area contributed by atoms with E-state index in [0.717, 1.165) is 13.1 Å². The van der Waals surface area contributed by atoms with Gasteiger partial charge in [-0.2, -0.15) is 0 Å². The summed E-state index contributed by atoms with van der Waals surface area (Å²) in [5, 5.41) is 3.34. The van der Waals surface area contributed by atoms with E-state index in [1.165, 1.54) is 12.0 Å². The van der Waals surface area contributed by atoms with Crippen LogP contribution in [0.15, 0.2) is 42.0 Å². The second kappa shape index (κ2) is 4.43. The van der Waals surface area contributed by atoms with Gasteiger partial charge >= 0.3 is 0 Å². The van der Waals surface area contributed by atoms with Gasteiger partial charge in [-0.05, 0) is 18.5 Å². The van der Waals surface area contributed by atoms with Crippen LogP contribution in [-0.2, 0) is 0 Å². The van der Waals surface area contributed by atoms with Crippen molar-refractivity contribution in [1.29, 1.82) is 0 Å². The van der Waals surface area contributed by atoms with E-state index in [0.29, 0.717) is 5.92 Å². The number of hydrogen-bond acceptors (Lipinski definition) is 1. The molecule has 1 aromatic carbocycles. The minimum absolute atomic E-state index is 0.582. The molecule has 0 unspecified atom stereocenters. The zero-order chi connectivity index (χ0) is 9.80. The number of nitrogens with one attached hydrogen (secondary N) is 1. The Morgan fingerprint density at radius 1 is 1.21 bits per heavy atom. The topological polar surface area (TPSA) is 12.0 Å².